The van der Waals surface area contributed by atoms with E-state index in [2.05, 4.69) is 30.6 Å². The van der Waals surface area contributed by atoms with E-state index in [0.29, 0.717) is 0 Å². The molecule has 1 atom stereocenters. The summed E-state index contributed by atoms with van der Waals surface area (Å²) < 4.78 is 2.10. The molecule has 0 saturated carbocycles. The molecule has 1 unspecified atom stereocenters. The molecule has 104 valence electrons. The molecular formula is C14H27N3O. The number of aromatic nitrogens is 2. The minimum absolute atomic E-state index is 0.0485. The summed E-state index contributed by atoms with van der Waals surface area (Å²) in [7, 11) is 0. The number of nitrogens with zero attached hydrogens (tertiary/aromatic N) is 2. The van der Waals surface area contributed by atoms with Gasteiger partial charge in [0.05, 0.1) is 12.3 Å². The molecule has 3 N–H and O–H groups in total. The van der Waals surface area contributed by atoms with Crippen molar-refractivity contribution in [2.24, 2.45) is 5.73 Å². The van der Waals surface area contributed by atoms with Crippen molar-refractivity contribution in [2.75, 3.05) is 6.61 Å². The Labute approximate surface area is 110 Å². The molecule has 0 radical (unpaired) electrons. The predicted octanol–water partition coefficient (Wildman–Crippen LogP) is 1.94. The van der Waals surface area contributed by atoms with Crippen molar-refractivity contribution in [1.29, 1.82) is 0 Å². The lowest BCUT2D eigenvalue weighted by Gasteiger charge is -2.21. The molecule has 4 nitrogen and oxygen atoms in total. The maximum atomic E-state index is 9.08. The van der Waals surface area contributed by atoms with E-state index in [1.54, 1.807) is 0 Å². The van der Waals surface area contributed by atoms with Crippen LogP contribution < -0.4 is 5.73 Å². The molecule has 4 heteroatoms. The Morgan fingerprint density at radius 2 is 2.00 bits per heavy atom. The second kappa shape index (κ2) is 6.34. The summed E-state index contributed by atoms with van der Waals surface area (Å²) in [6.07, 6.45) is 3.97. The van der Waals surface area contributed by atoms with E-state index in [4.69, 9.17) is 10.8 Å². The number of aliphatic hydroxyl groups excluding tert-OH is 1. The zero-order chi connectivity index (χ0) is 13.8. The number of hydrogen-bond acceptors (Lipinski definition) is 3. The van der Waals surface area contributed by atoms with Gasteiger partial charge in [0, 0.05) is 17.8 Å². The molecule has 1 heterocycles. The van der Waals surface area contributed by atoms with Gasteiger partial charge < -0.3 is 10.8 Å². The lowest BCUT2D eigenvalue weighted by Crippen LogP contribution is -2.39. The molecule has 0 aromatic carbocycles. The Balaban J connectivity index is 2.45. The molecule has 1 rings (SSSR count). The molecule has 0 aliphatic rings. The monoisotopic (exact) mass is 253 g/mol. The molecule has 1 aromatic heterocycles. The van der Waals surface area contributed by atoms with Crippen LogP contribution in [0.25, 0.3) is 0 Å². The molecular weight excluding hydrogens is 226 g/mol. The summed E-state index contributed by atoms with van der Waals surface area (Å²) in [5.74, 6) is 0. The topological polar surface area (TPSA) is 64.1 Å². The van der Waals surface area contributed by atoms with Crippen LogP contribution in [0.2, 0.25) is 0 Å². The number of aliphatic hydroxyl groups is 1. The standard InChI is InChI=1S/C14H27N3O/c1-5-13-11(2)16-17(12(13)3)9-7-6-8-14(4,15)10-18/h18H,5-10,15H2,1-4H3. The number of aryl methyl sites for hydroxylation is 2. The Kier molecular flexibility index (Phi) is 5.35. The van der Waals surface area contributed by atoms with Gasteiger partial charge in [0.25, 0.3) is 0 Å². The van der Waals surface area contributed by atoms with Crippen LogP contribution >= 0.6 is 0 Å². The van der Waals surface area contributed by atoms with Gasteiger partial charge in [-0.05, 0) is 52.0 Å². The fourth-order valence-corrected chi connectivity index (χ4v) is 2.33. The highest BCUT2D eigenvalue weighted by molar-refractivity contribution is 5.24. The smallest absolute Gasteiger partial charge is 0.0628 e. The molecule has 0 aliphatic heterocycles. The summed E-state index contributed by atoms with van der Waals surface area (Å²) in [4.78, 5) is 0. The van der Waals surface area contributed by atoms with Gasteiger partial charge >= 0.3 is 0 Å². The quantitative estimate of drug-likeness (QED) is 0.730. The highest BCUT2D eigenvalue weighted by Gasteiger charge is 2.16. The van der Waals surface area contributed by atoms with E-state index in [9.17, 15) is 0 Å². The largest absolute Gasteiger partial charge is 0.394 e. The van der Waals surface area contributed by atoms with Gasteiger partial charge in [0.15, 0.2) is 0 Å². The molecule has 0 fully saturated rings. The fourth-order valence-electron chi connectivity index (χ4n) is 2.33. The lowest BCUT2D eigenvalue weighted by molar-refractivity contribution is 0.197. The van der Waals surface area contributed by atoms with E-state index in [1.807, 2.05) is 6.92 Å². The molecule has 0 amide bonds. The van der Waals surface area contributed by atoms with Gasteiger partial charge in [-0.2, -0.15) is 5.10 Å². The van der Waals surface area contributed by atoms with Gasteiger partial charge in [-0.3, -0.25) is 4.68 Å². The molecule has 1 aromatic rings. The van der Waals surface area contributed by atoms with Crippen LogP contribution in [0.4, 0.5) is 0 Å². The lowest BCUT2D eigenvalue weighted by atomic mass is 9.97. The fraction of sp³-hybridized carbons (Fsp3) is 0.786. The number of unbranched alkanes of at least 4 members (excludes halogenated alkanes) is 1. The predicted molar refractivity (Wildman–Crippen MR) is 74.6 cm³/mol. The Morgan fingerprint density at radius 1 is 1.33 bits per heavy atom. The third-order valence-corrected chi connectivity index (χ3v) is 3.61. The summed E-state index contributed by atoms with van der Waals surface area (Å²) in [6, 6.07) is 0. The first-order valence-electron chi connectivity index (χ1n) is 6.84. The summed E-state index contributed by atoms with van der Waals surface area (Å²) in [6.45, 7) is 9.26. The molecule has 0 saturated heterocycles. The maximum Gasteiger partial charge on any atom is 0.0628 e. The van der Waals surface area contributed by atoms with Crippen molar-refractivity contribution in [3.05, 3.63) is 17.0 Å². The summed E-state index contributed by atoms with van der Waals surface area (Å²) in [5.41, 5.74) is 9.26. The third-order valence-electron chi connectivity index (χ3n) is 3.61. The zero-order valence-electron chi connectivity index (χ0n) is 12.2. The molecule has 0 aliphatic carbocycles. The van der Waals surface area contributed by atoms with Crippen LogP contribution in [-0.4, -0.2) is 27.0 Å². The number of hydrogen-bond donors (Lipinski definition) is 2. The number of rotatable bonds is 7. The van der Waals surface area contributed by atoms with Crippen LogP contribution in [-0.2, 0) is 13.0 Å². The van der Waals surface area contributed by atoms with Gasteiger partial charge in [0.2, 0.25) is 0 Å². The highest BCUT2D eigenvalue weighted by Crippen LogP contribution is 2.15. The maximum absolute atomic E-state index is 9.08. The first-order chi connectivity index (χ1) is 8.41. The zero-order valence-corrected chi connectivity index (χ0v) is 12.2. The van der Waals surface area contributed by atoms with Crippen LogP contribution in [0, 0.1) is 13.8 Å². The Bertz CT molecular complexity index is 383. The third kappa shape index (κ3) is 3.82. The van der Waals surface area contributed by atoms with Crippen LogP contribution in [0.1, 0.15) is 50.1 Å². The normalized spacial score (nSPS) is 14.8. The van der Waals surface area contributed by atoms with Crippen LogP contribution in [0.5, 0.6) is 0 Å². The second-order valence-electron chi connectivity index (χ2n) is 5.50. The first-order valence-corrected chi connectivity index (χ1v) is 6.84. The van der Waals surface area contributed by atoms with Crippen molar-refractivity contribution in [3.8, 4) is 0 Å². The van der Waals surface area contributed by atoms with Crippen molar-refractivity contribution >= 4 is 0 Å². The van der Waals surface area contributed by atoms with E-state index < -0.39 is 5.54 Å². The summed E-state index contributed by atoms with van der Waals surface area (Å²) in [5, 5.41) is 13.7. The van der Waals surface area contributed by atoms with E-state index in [1.165, 1.54) is 11.3 Å². The van der Waals surface area contributed by atoms with Gasteiger partial charge in [-0.25, -0.2) is 0 Å². The van der Waals surface area contributed by atoms with E-state index >= 15 is 0 Å². The first kappa shape index (κ1) is 15.2. The average Bonchev–Trinajstić information content (AvgIpc) is 2.60. The van der Waals surface area contributed by atoms with Crippen molar-refractivity contribution in [3.63, 3.8) is 0 Å². The van der Waals surface area contributed by atoms with Gasteiger partial charge in [0.1, 0.15) is 0 Å². The Hall–Kier alpha value is -0.870. The minimum Gasteiger partial charge on any atom is -0.394 e. The number of nitrogens with two attached hydrogens (primary N) is 1. The highest BCUT2D eigenvalue weighted by atomic mass is 16.3. The molecule has 0 bridgehead atoms. The second-order valence-corrected chi connectivity index (χ2v) is 5.50. The van der Waals surface area contributed by atoms with Crippen molar-refractivity contribution in [2.45, 2.75) is 65.5 Å². The molecule has 0 spiro atoms. The average molecular weight is 253 g/mol. The van der Waals surface area contributed by atoms with E-state index in [-0.39, 0.29) is 6.61 Å². The molecule has 18 heavy (non-hydrogen) atoms. The van der Waals surface area contributed by atoms with Crippen LogP contribution in [0.3, 0.4) is 0 Å². The van der Waals surface area contributed by atoms with Crippen molar-refractivity contribution in [1.82, 2.24) is 9.78 Å². The SMILES string of the molecule is CCc1c(C)nn(CCCCC(C)(N)CO)c1C. The minimum atomic E-state index is -0.441. The van der Waals surface area contributed by atoms with Crippen molar-refractivity contribution < 1.29 is 5.11 Å². The van der Waals surface area contributed by atoms with Gasteiger partial charge in [-0.15, -0.1) is 0 Å². The van der Waals surface area contributed by atoms with E-state index in [0.717, 1.165) is 37.9 Å². The summed E-state index contributed by atoms with van der Waals surface area (Å²) >= 11 is 0. The van der Waals surface area contributed by atoms with Crippen LogP contribution in [0.15, 0.2) is 0 Å². The van der Waals surface area contributed by atoms with Gasteiger partial charge in [-0.1, -0.05) is 6.92 Å². The Morgan fingerprint density at radius 3 is 2.50 bits per heavy atom.